The predicted molar refractivity (Wildman–Crippen MR) is 55.4 cm³/mol. The Kier molecular flexibility index (Phi) is 3.29. The Labute approximate surface area is 84.9 Å². The molecule has 4 heteroatoms. The van der Waals surface area contributed by atoms with Crippen LogP contribution in [0.5, 0.6) is 0 Å². The SMILES string of the molecule is COC(C)(CN)c1sccc1Br. The predicted octanol–water partition coefficient (Wildman–Crippen LogP) is 2.33. The van der Waals surface area contributed by atoms with E-state index in [1.165, 1.54) is 0 Å². The van der Waals surface area contributed by atoms with Crippen LogP contribution in [-0.2, 0) is 10.3 Å². The van der Waals surface area contributed by atoms with Crippen LogP contribution >= 0.6 is 27.3 Å². The summed E-state index contributed by atoms with van der Waals surface area (Å²) in [5, 5.41) is 2.02. The van der Waals surface area contributed by atoms with Crippen LogP contribution in [0, 0.1) is 0 Å². The van der Waals surface area contributed by atoms with Crippen LogP contribution in [0.1, 0.15) is 11.8 Å². The largest absolute Gasteiger partial charge is 0.372 e. The molecule has 0 aliphatic heterocycles. The summed E-state index contributed by atoms with van der Waals surface area (Å²) < 4.78 is 6.44. The molecule has 0 aromatic carbocycles. The number of thiophene rings is 1. The molecule has 1 aromatic heterocycles. The van der Waals surface area contributed by atoms with Crippen molar-refractivity contribution in [2.75, 3.05) is 13.7 Å². The quantitative estimate of drug-likeness (QED) is 0.893. The second kappa shape index (κ2) is 3.87. The van der Waals surface area contributed by atoms with Crippen molar-refractivity contribution < 1.29 is 4.74 Å². The van der Waals surface area contributed by atoms with E-state index in [4.69, 9.17) is 10.5 Å². The van der Waals surface area contributed by atoms with Gasteiger partial charge in [-0.2, -0.15) is 0 Å². The molecular formula is C8H12BrNOS. The van der Waals surface area contributed by atoms with E-state index in [0.29, 0.717) is 6.54 Å². The van der Waals surface area contributed by atoms with E-state index in [1.807, 2.05) is 18.4 Å². The molecule has 68 valence electrons. The number of halogens is 1. The second-order valence-corrected chi connectivity index (χ2v) is 4.51. The normalized spacial score (nSPS) is 16.0. The number of ether oxygens (including phenoxy) is 1. The molecule has 0 saturated heterocycles. The van der Waals surface area contributed by atoms with Gasteiger partial charge in [0.15, 0.2) is 0 Å². The molecule has 1 rings (SSSR count). The average molecular weight is 250 g/mol. The number of methoxy groups -OCH3 is 1. The van der Waals surface area contributed by atoms with Crippen LogP contribution in [-0.4, -0.2) is 13.7 Å². The molecule has 1 heterocycles. The molecule has 1 unspecified atom stereocenters. The van der Waals surface area contributed by atoms with Crippen molar-refractivity contribution in [1.29, 1.82) is 0 Å². The molecule has 2 nitrogen and oxygen atoms in total. The summed E-state index contributed by atoms with van der Waals surface area (Å²) in [7, 11) is 1.68. The molecule has 0 amide bonds. The maximum Gasteiger partial charge on any atom is 0.112 e. The third-order valence-corrected chi connectivity index (χ3v) is 4.02. The monoisotopic (exact) mass is 249 g/mol. The summed E-state index contributed by atoms with van der Waals surface area (Å²) in [6.45, 7) is 2.48. The first kappa shape index (κ1) is 10.2. The first-order valence-electron chi connectivity index (χ1n) is 3.62. The van der Waals surface area contributed by atoms with Crippen molar-refractivity contribution >= 4 is 27.3 Å². The lowest BCUT2D eigenvalue weighted by atomic mass is 10.1. The Balaban J connectivity index is 3.02. The topological polar surface area (TPSA) is 35.2 Å². The lowest BCUT2D eigenvalue weighted by Crippen LogP contribution is -2.33. The minimum absolute atomic E-state index is 0.354. The van der Waals surface area contributed by atoms with E-state index >= 15 is 0 Å². The molecule has 12 heavy (non-hydrogen) atoms. The Morgan fingerprint density at radius 2 is 2.42 bits per heavy atom. The lowest BCUT2D eigenvalue weighted by molar-refractivity contribution is 0.0127. The third kappa shape index (κ3) is 1.71. The summed E-state index contributed by atoms with van der Waals surface area (Å²) in [6.07, 6.45) is 0. The highest BCUT2D eigenvalue weighted by atomic mass is 79.9. The minimum Gasteiger partial charge on any atom is -0.372 e. The van der Waals surface area contributed by atoms with Crippen molar-refractivity contribution in [2.24, 2.45) is 5.73 Å². The molecule has 0 aliphatic carbocycles. The fourth-order valence-corrected chi connectivity index (χ4v) is 2.88. The molecular weight excluding hydrogens is 238 g/mol. The van der Waals surface area contributed by atoms with Crippen molar-refractivity contribution in [2.45, 2.75) is 12.5 Å². The fraction of sp³-hybridized carbons (Fsp3) is 0.500. The van der Waals surface area contributed by atoms with Gasteiger partial charge in [0.2, 0.25) is 0 Å². The number of hydrogen-bond donors (Lipinski definition) is 1. The number of nitrogens with two attached hydrogens (primary N) is 1. The Bertz CT molecular complexity index is 257. The van der Waals surface area contributed by atoms with E-state index in [0.717, 1.165) is 9.35 Å². The van der Waals surface area contributed by atoms with Gasteiger partial charge >= 0.3 is 0 Å². The van der Waals surface area contributed by atoms with Crippen molar-refractivity contribution in [3.8, 4) is 0 Å². The Morgan fingerprint density at radius 3 is 2.75 bits per heavy atom. The van der Waals surface area contributed by atoms with Gasteiger partial charge < -0.3 is 10.5 Å². The summed E-state index contributed by atoms with van der Waals surface area (Å²) in [5.74, 6) is 0. The van der Waals surface area contributed by atoms with Crippen LogP contribution in [0.3, 0.4) is 0 Å². The molecule has 0 bridgehead atoms. The zero-order chi connectivity index (χ0) is 9.19. The highest BCUT2D eigenvalue weighted by Gasteiger charge is 2.27. The number of rotatable bonds is 3. The Morgan fingerprint density at radius 1 is 1.75 bits per heavy atom. The molecule has 0 radical (unpaired) electrons. The van der Waals surface area contributed by atoms with Gasteiger partial charge in [-0.25, -0.2) is 0 Å². The smallest absolute Gasteiger partial charge is 0.112 e. The van der Waals surface area contributed by atoms with Crippen molar-refractivity contribution in [1.82, 2.24) is 0 Å². The molecule has 0 aliphatic rings. The first-order chi connectivity index (χ1) is 5.64. The van der Waals surface area contributed by atoms with E-state index in [1.54, 1.807) is 18.4 Å². The third-order valence-electron chi connectivity index (χ3n) is 1.94. The summed E-state index contributed by atoms with van der Waals surface area (Å²) in [4.78, 5) is 1.15. The number of hydrogen-bond acceptors (Lipinski definition) is 3. The summed E-state index contributed by atoms with van der Waals surface area (Å²) in [6, 6.07) is 2.01. The zero-order valence-electron chi connectivity index (χ0n) is 7.13. The van der Waals surface area contributed by atoms with Gasteiger partial charge in [0.1, 0.15) is 5.60 Å². The standard InChI is InChI=1S/C8H12BrNOS/c1-8(5-10,11-2)7-6(9)3-4-12-7/h3-4H,5,10H2,1-2H3. The van der Waals surface area contributed by atoms with Gasteiger partial charge in [-0.15, -0.1) is 11.3 Å². The average Bonchev–Trinajstić information content (AvgIpc) is 2.51. The van der Waals surface area contributed by atoms with Gasteiger partial charge in [-0.1, -0.05) is 0 Å². The van der Waals surface area contributed by atoms with Gasteiger partial charge in [0.25, 0.3) is 0 Å². The van der Waals surface area contributed by atoms with Crippen LogP contribution < -0.4 is 5.73 Å². The van der Waals surface area contributed by atoms with Gasteiger partial charge in [0, 0.05) is 18.1 Å². The van der Waals surface area contributed by atoms with Gasteiger partial charge in [0.05, 0.1) is 4.88 Å². The maximum atomic E-state index is 5.64. The van der Waals surface area contributed by atoms with E-state index in [2.05, 4.69) is 15.9 Å². The molecule has 1 aromatic rings. The van der Waals surface area contributed by atoms with E-state index in [9.17, 15) is 0 Å². The van der Waals surface area contributed by atoms with Crippen LogP contribution in [0.2, 0.25) is 0 Å². The first-order valence-corrected chi connectivity index (χ1v) is 5.30. The zero-order valence-corrected chi connectivity index (χ0v) is 9.54. The maximum absolute atomic E-state index is 5.64. The molecule has 2 N–H and O–H groups in total. The van der Waals surface area contributed by atoms with Gasteiger partial charge in [-0.3, -0.25) is 0 Å². The van der Waals surface area contributed by atoms with Gasteiger partial charge in [-0.05, 0) is 34.3 Å². The van der Waals surface area contributed by atoms with Crippen molar-refractivity contribution in [3.05, 3.63) is 20.8 Å². The highest BCUT2D eigenvalue weighted by molar-refractivity contribution is 9.10. The molecule has 0 spiro atoms. The molecule has 0 saturated carbocycles. The van der Waals surface area contributed by atoms with E-state index < -0.39 is 0 Å². The van der Waals surface area contributed by atoms with Crippen molar-refractivity contribution in [3.63, 3.8) is 0 Å². The Hall–Kier alpha value is 0.100. The second-order valence-electron chi connectivity index (χ2n) is 2.74. The molecule has 1 atom stereocenters. The van der Waals surface area contributed by atoms with Crippen LogP contribution in [0.25, 0.3) is 0 Å². The van der Waals surface area contributed by atoms with Crippen LogP contribution in [0.4, 0.5) is 0 Å². The fourth-order valence-electron chi connectivity index (χ4n) is 0.940. The lowest BCUT2D eigenvalue weighted by Gasteiger charge is -2.25. The highest BCUT2D eigenvalue weighted by Crippen LogP contribution is 2.34. The van der Waals surface area contributed by atoms with Crippen LogP contribution in [0.15, 0.2) is 15.9 Å². The summed E-state index contributed by atoms with van der Waals surface area (Å²) in [5.41, 5.74) is 5.28. The molecule has 0 fully saturated rings. The summed E-state index contributed by atoms with van der Waals surface area (Å²) >= 11 is 5.11. The van der Waals surface area contributed by atoms with E-state index in [-0.39, 0.29) is 5.60 Å². The minimum atomic E-state index is -0.354.